The first-order chi connectivity index (χ1) is 14.8. The van der Waals surface area contributed by atoms with E-state index in [9.17, 15) is 42.4 Å². The molecule has 0 saturated carbocycles. The number of halogens is 3. The van der Waals surface area contributed by atoms with Crippen LogP contribution in [0.1, 0.15) is 6.23 Å². The molecule has 3 unspecified atom stereocenters. The van der Waals surface area contributed by atoms with Crippen molar-refractivity contribution in [2.75, 3.05) is 13.3 Å². The average molecular weight is 568 g/mol. The molecule has 0 spiro atoms. The highest BCUT2D eigenvalue weighted by Gasteiger charge is 2.66. The molecule has 7 N–H and O–H groups in total. The molecule has 190 valence electrons. The van der Waals surface area contributed by atoms with Crippen molar-refractivity contribution < 1.29 is 74.5 Å². The van der Waals surface area contributed by atoms with Gasteiger partial charge in [-0.15, -0.1) is 0 Å². The van der Waals surface area contributed by atoms with Crippen LogP contribution in [0.5, 0.6) is 0 Å². The summed E-state index contributed by atoms with van der Waals surface area (Å²) < 4.78 is 90.9. The smallest absolute Gasteiger partial charge is 0.384 e. The monoisotopic (exact) mass is 568 g/mol. The van der Waals surface area contributed by atoms with Crippen molar-refractivity contribution in [2.45, 2.75) is 23.8 Å². The fraction of sp³-hybridized carbons (Fsp3) is 0.600. The number of phosphoric ester groups is 1. The quantitative estimate of drug-likeness (QED) is 0.149. The molecule has 0 bridgehead atoms. The van der Waals surface area contributed by atoms with Crippen molar-refractivity contribution >= 4 is 35.7 Å². The van der Waals surface area contributed by atoms with Gasteiger partial charge in [-0.25, -0.2) is 22.5 Å². The van der Waals surface area contributed by atoms with Crippen LogP contribution >= 0.6 is 35.7 Å². The minimum Gasteiger partial charge on any atom is -0.384 e. The molecule has 1 aromatic rings. The Hall–Kier alpha value is -0.820. The molecule has 1 aliphatic heterocycles. The van der Waals surface area contributed by atoms with Gasteiger partial charge in [0.05, 0.1) is 6.20 Å². The zero-order valence-corrected chi connectivity index (χ0v) is 18.9. The summed E-state index contributed by atoms with van der Waals surface area (Å²) in [4.78, 5) is 48.3. The van der Waals surface area contributed by atoms with Gasteiger partial charge in [0.25, 0.3) is 11.4 Å². The maximum absolute atomic E-state index is 15.2. The number of aromatic nitrogens is 2. The predicted octanol–water partition coefficient (Wildman–Crippen LogP) is -0.356. The minimum absolute atomic E-state index is 0.271. The summed E-state index contributed by atoms with van der Waals surface area (Å²) in [5.41, 5.74) is -4.60. The Labute approximate surface area is 184 Å². The van der Waals surface area contributed by atoms with Crippen LogP contribution in [0.3, 0.4) is 0 Å². The molecule has 23 heteroatoms. The highest BCUT2D eigenvalue weighted by atomic mass is 32.1. The van der Waals surface area contributed by atoms with Gasteiger partial charge in [-0.05, 0) is 12.2 Å². The third-order valence-corrected chi connectivity index (χ3v) is 7.94. The fourth-order valence-corrected chi connectivity index (χ4v) is 5.79. The van der Waals surface area contributed by atoms with E-state index in [1.165, 1.54) is 0 Å². The summed E-state index contributed by atoms with van der Waals surface area (Å²) in [5, 5.41) is 20.4. The van der Waals surface area contributed by atoms with Crippen molar-refractivity contribution in [3.8, 4) is 0 Å². The van der Waals surface area contributed by atoms with Crippen LogP contribution in [0.25, 0.3) is 0 Å². The Bertz CT molecular complexity index is 1170. The molecule has 2 rings (SSSR count). The summed E-state index contributed by atoms with van der Waals surface area (Å²) >= 11 is 4.68. The molecule has 0 aliphatic carbocycles. The Kier molecular flexibility index (Phi) is 8.03. The molecule has 1 aromatic heterocycles. The number of ether oxygens (including phenoxy) is 1. The topological polar surface area (TPSA) is 247 Å². The molecule has 16 nitrogen and oxygen atoms in total. The molecule has 1 saturated heterocycles. The van der Waals surface area contributed by atoms with Crippen LogP contribution in [0.15, 0.2) is 11.0 Å². The normalized spacial score (nSPS) is 31.8. The van der Waals surface area contributed by atoms with Crippen LogP contribution < -0.4 is 5.56 Å². The molecular weight excluding hydrogens is 554 g/mol. The number of aromatic amines is 1. The van der Waals surface area contributed by atoms with Gasteiger partial charge < -0.3 is 34.5 Å². The van der Waals surface area contributed by atoms with E-state index in [0.717, 1.165) is 0 Å². The number of nitrogens with zero attached hydrogens (tertiary/aromatic N) is 1. The summed E-state index contributed by atoms with van der Waals surface area (Å²) in [6.45, 7) is -3.93. The Balaban J connectivity index is 2.31. The Morgan fingerprint density at radius 2 is 1.79 bits per heavy atom. The first-order valence-corrected chi connectivity index (χ1v) is 12.8. The van der Waals surface area contributed by atoms with Gasteiger partial charge in [-0.2, -0.15) is 13.0 Å². The van der Waals surface area contributed by atoms with Gasteiger partial charge in [0, 0.05) is 0 Å². The molecule has 0 aromatic carbocycles. The van der Waals surface area contributed by atoms with Gasteiger partial charge in [0.2, 0.25) is 5.82 Å². The van der Waals surface area contributed by atoms with Crippen molar-refractivity contribution in [1.82, 2.24) is 9.55 Å². The molecule has 0 radical (unpaired) electrons. The third-order valence-electron chi connectivity index (χ3n) is 3.85. The minimum atomic E-state index is -5.97. The van der Waals surface area contributed by atoms with E-state index in [0.29, 0.717) is 4.57 Å². The lowest BCUT2D eigenvalue weighted by atomic mass is 9.94. The van der Waals surface area contributed by atoms with E-state index in [4.69, 9.17) is 14.7 Å². The fourth-order valence-electron chi connectivity index (χ4n) is 2.52. The van der Waals surface area contributed by atoms with E-state index in [-0.39, 0.29) is 6.20 Å². The second-order valence-corrected chi connectivity index (χ2v) is 11.1. The summed E-state index contributed by atoms with van der Waals surface area (Å²) in [6, 6.07) is 0. The predicted molar refractivity (Wildman–Crippen MR) is 96.6 cm³/mol. The van der Waals surface area contributed by atoms with Gasteiger partial charge in [-0.1, -0.05) is 0 Å². The first kappa shape index (κ1) is 28.4. The number of hydrogen-bond donors (Lipinski definition) is 7. The van der Waals surface area contributed by atoms with Crippen LogP contribution in [-0.2, 0) is 31.6 Å². The van der Waals surface area contributed by atoms with Crippen molar-refractivity contribution in [2.24, 2.45) is 0 Å². The molecular formula is C10H14F3N2O14P3S. The molecule has 33 heavy (non-hydrogen) atoms. The highest BCUT2D eigenvalue weighted by Crippen LogP contribution is 2.66. The zero-order chi connectivity index (χ0) is 25.6. The number of nitrogens with one attached hydrogen (secondary N) is 1. The largest absolute Gasteiger partial charge is 0.490 e. The molecule has 1 fully saturated rings. The van der Waals surface area contributed by atoms with Crippen LogP contribution in [0.4, 0.5) is 13.2 Å². The van der Waals surface area contributed by atoms with Crippen molar-refractivity contribution in [3.63, 3.8) is 0 Å². The maximum Gasteiger partial charge on any atom is 0.490 e. The number of aliphatic hydroxyl groups is 2. The number of H-pyrrole nitrogens is 1. The number of phosphoric acid groups is 3. The van der Waals surface area contributed by atoms with Crippen LogP contribution in [0.2, 0.25) is 0 Å². The number of alkyl halides is 2. The molecule has 0 amide bonds. The Morgan fingerprint density at radius 3 is 2.30 bits per heavy atom. The Morgan fingerprint density at radius 1 is 1.21 bits per heavy atom. The van der Waals surface area contributed by atoms with Crippen molar-refractivity contribution in [3.05, 3.63) is 27.1 Å². The standard InChI is InChI=1S/C10H14F3N2O14P3S/c11-2-9(18)6(17)10(13,27-7(9)15-1-4(12)5(16)14-8(15)33)3-26-31(22,23)29-32(24,25)28-30(19,20)21/h1,6-7,17-18H,2-3H2,(H,22,23)(H,24,25)(H,14,16,33)(H2,19,20,21)/t6-,7-,9?,10-/m1/s1. The summed E-state index contributed by atoms with van der Waals surface area (Å²) in [5.74, 6) is -5.36. The van der Waals surface area contributed by atoms with E-state index in [1.54, 1.807) is 4.98 Å². The van der Waals surface area contributed by atoms with Gasteiger partial charge in [0.15, 0.2) is 22.7 Å². The number of rotatable bonds is 9. The van der Waals surface area contributed by atoms with Crippen LogP contribution in [0, 0.1) is 10.6 Å². The summed E-state index contributed by atoms with van der Waals surface area (Å²) in [6.07, 6.45) is -5.08. The molecule has 6 atom stereocenters. The van der Waals surface area contributed by atoms with Crippen molar-refractivity contribution in [1.29, 1.82) is 0 Å². The van der Waals surface area contributed by atoms with Gasteiger partial charge in [0.1, 0.15) is 13.3 Å². The summed E-state index contributed by atoms with van der Waals surface area (Å²) in [7, 11) is -17.6. The zero-order valence-electron chi connectivity index (χ0n) is 15.4. The average Bonchev–Trinajstić information content (AvgIpc) is 2.82. The lowest BCUT2D eigenvalue weighted by Gasteiger charge is -2.29. The maximum atomic E-state index is 15.2. The molecule has 1 aliphatic rings. The number of hydrogen-bond acceptors (Lipinski definition) is 11. The van der Waals surface area contributed by atoms with E-state index >= 15 is 4.39 Å². The second-order valence-electron chi connectivity index (χ2n) is 6.29. The lowest BCUT2D eigenvalue weighted by Crippen LogP contribution is -2.52. The van der Waals surface area contributed by atoms with Gasteiger partial charge in [-0.3, -0.25) is 18.9 Å². The van der Waals surface area contributed by atoms with E-state index < -0.39 is 76.7 Å². The highest BCUT2D eigenvalue weighted by molar-refractivity contribution is 7.71. The SMILES string of the molecule is O=c1[nH]c(=S)n([C@@H]2O[C@](F)(COP(=O)(O)OP(=O)(O)OP(=O)(O)O)[C@H](O)C2(O)CF)cc1F. The molecule has 2 heterocycles. The third kappa shape index (κ3) is 6.45. The van der Waals surface area contributed by atoms with E-state index in [1.807, 2.05) is 0 Å². The lowest BCUT2D eigenvalue weighted by molar-refractivity contribution is -0.204. The first-order valence-electron chi connectivity index (χ1n) is 7.88. The van der Waals surface area contributed by atoms with E-state index in [2.05, 4.69) is 30.1 Å². The van der Waals surface area contributed by atoms with Gasteiger partial charge >= 0.3 is 23.5 Å². The second kappa shape index (κ2) is 9.33. The number of aliphatic hydroxyl groups excluding tert-OH is 1. The van der Waals surface area contributed by atoms with Crippen LogP contribution in [-0.4, -0.2) is 70.2 Å².